The fourth-order valence-electron chi connectivity index (χ4n) is 2.43. The van der Waals surface area contributed by atoms with Crippen LogP contribution in [0.2, 0.25) is 0 Å². The van der Waals surface area contributed by atoms with Gasteiger partial charge < -0.3 is 4.74 Å². The molecule has 0 N–H and O–H groups in total. The van der Waals surface area contributed by atoms with Gasteiger partial charge in [-0.25, -0.2) is 13.6 Å². The van der Waals surface area contributed by atoms with Gasteiger partial charge in [-0.3, -0.25) is 9.88 Å². The predicted octanol–water partition coefficient (Wildman–Crippen LogP) is 4.70. The van der Waals surface area contributed by atoms with Gasteiger partial charge in [-0.05, 0) is 63.8 Å². The van der Waals surface area contributed by atoms with Crippen molar-refractivity contribution in [3.05, 3.63) is 35.3 Å². The molecule has 0 bridgehead atoms. The Balaban J connectivity index is 2.27. The zero-order chi connectivity index (χ0) is 17.2. The molecule has 126 valence electrons. The van der Waals surface area contributed by atoms with Crippen LogP contribution in [0.4, 0.5) is 13.6 Å². The van der Waals surface area contributed by atoms with E-state index in [2.05, 4.69) is 4.98 Å². The molecule has 0 atom stereocenters. The first-order valence-electron chi connectivity index (χ1n) is 7.63. The van der Waals surface area contributed by atoms with Crippen molar-refractivity contribution < 1.29 is 18.3 Å². The molecule has 0 saturated carbocycles. The number of pyridine rings is 1. The maximum absolute atomic E-state index is 12.9. The number of allylic oxidation sites excluding steroid dienone is 1. The van der Waals surface area contributed by atoms with E-state index in [-0.39, 0.29) is 5.69 Å². The second kappa shape index (κ2) is 6.64. The lowest BCUT2D eigenvalue weighted by Crippen LogP contribution is -2.35. The molecule has 0 saturated heterocycles. The molecule has 0 fully saturated rings. The van der Waals surface area contributed by atoms with Crippen LogP contribution in [0, 0.1) is 6.92 Å². The number of hydrogen-bond acceptors (Lipinski definition) is 3. The summed E-state index contributed by atoms with van der Waals surface area (Å²) in [4.78, 5) is 17.5. The van der Waals surface area contributed by atoms with E-state index < -0.39 is 18.1 Å². The molecule has 0 spiro atoms. The topological polar surface area (TPSA) is 42.4 Å². The summed E-state index contributed by atoms with van der Waals surface area (Å²) in [6.45, 7) is 7.66. The molecule has 23 heavy (non-hydrogen) atoms. The Hall–Kier alpha value is -1.98. The molecule has 4 nitrogen and oxygen atoms in total. The van der Waals surface area contributed by atoms with E-state index in [1.807, 2.05) is 0 Å². The van der Waals surface area contributed by atoms with Crippen molar-refractivity contribution in [2.45, 2.75) is 52.6 Å². The van der Waals surface area contributed by atoms with Gasteiger partial charge >= 0.3 is 6.09 Å². The Labute approximate surface area is 135 Å². The van der Waals surface area contributed by atoms with Crippen LogP contribution in [0.5, 0.6) is 0 Å². The first-order chi connectivity index (χ1) is 10.7. The van der Waals surface area contributed by atoms with Crippen molar-refractivity contribution in [3.63, 3.8) is 0 Å². The highest BCUT2D eigenvalue weighted by atomic mass is 19.3. The minimum absolute atomic E-state index is 0.240. The Bertz CT molecular complexity index is 622. The molecule has 2 heterocycles. The third-order valence-electron chi connectivity index (χ3n) is 3.35. The molecule has 1 aromatic heterocycles. The molecule has 0 aromatic carbocycles. The minimum Gasteiger partial charge on any atom is -0.443 e. The number of halogens is 2. The van der Waals surface area contributed by atoms with Gasteiger partial charge in [0, 0.05) is 18.4 Å². The monoisotopic (exact) mass is 324 g/mol. The summed E-state index contributed by atoms with van der Waals surface area (Å²) in [7, 11) is 0. The van der Waals surface area contributed by atoms with Gasteiger partial charge in [0.15, 0.2) is 0 Å². The highest BCUT2D eigenvalue weighted by Crippen LogP contribution is 2.28. The molecule has 1 aliphatic rings. The number of carbonyl (C=O) groups excluding carboxylic acids is 1. The van der Waals surface area contributed by atoms with Crippen LogP contribution in [0.3, 0.4) is 0 Å². The summed E-state index contributed by atoms with van der Waals surface area (Å²) < 4.78 is 31.2. The van der Waals surface area contributed by atoms with Crippen molar-refractivity contribution in [1.29, 1.82) is 0 Å². The molecular formula is C17H22F2N2O2. The first kappa shape index (κ1) is 17.4. The third kappa shape index (κ3) is 4.74. The fraction of sp³-hybridized carbons (Fsp3) is 0.529. The zero-order valence-electron chi connectivity index (χ0n) is 13.9. The molecule has 1 amide bonds. The van der Waals surface area contributed by atoms with Gasteiger partial charge in [-0.2, -0.15) is 0 Å². The maximum atomic E-state index is 12.9. The van der Waals surface area contributed by atoms with Gasteiger partial charge in [0.2, 0.25) is 0 Å². The number of aryl methyl sites for hydroxylation is 1. The van der Waals surface area contributed by atoms with Gasteiger partial charge in [0.25, 0.3) is 6.43 Å². The van der Waals surface area contributed by atoms with Gasteiger partial charge in [-0.15, -0.1) is 0 Å². The van der Waals surface area contributed by atoms with Crippen LogP contribution in [-0.2, 0) is 4.74 Å². The van der Waals surface area contributed by atoms with E-state index in [0.29, 0.717) is 17.8 Å². The molecule has 6 heteroatoms. The maximum Gasteiger partial charge on any atom is 0.414 e. The standard InChI is InChI=1S/C17H22F2N2O2/c1-11-8-13(9-14(20-11)15(18)19)12-6-5-7-21(10-12)16(22)23-17(2,3)4/h8-10,15H,5-7H2,1-4H3. The minimum atomic E-state index is -2.61. The summed E-state index contributed by atoms with van der Waals surface area (Å²) in [6.07, 6.45) is 0.151. The second-order valence-corrected chi connectivity index (χ2v) is 6.65. The van der Waals surface area contributed by atoms with Gasteiger partial charge in [0.1, 0.15) is 11.3 Å². The normalized spacial score (nSPS) is 15.6. The third-order valence-corrected chi connectivity index (χ3v) is 3.35. The Kier molecular flexibility index (Phi) is 5.02. The summed E-state index contributed by atoms with van der Waals surface area (Å²) >= 11 is 0. The van der Waals surface area contributed by atoms with E-state index in [1.165, 1.54) is 11.0 Å². The quantitative estimate of drug-likeness (QED) is 0.792. The van der Waals surface area contributed by atoms with Crippen LogP contribution in [0.25, 0.3) is 5.57 Å². The van der Waals surface area contributed by atoms with Crippen LogP contribution >= 0.6 is 0 Å². The lowest BCUT2D eigenvalue weighted by atomic mass is 9.99. The Morgan fingerprint density at radius 1 is 1.35 bits per heavy atom. The molecular weight excluding hydrogens is 302 g/mol. The number of nitrogens with zero attached hydrogens (tertiary/aromatic N) is 2. The summed E-state index contributed by atoms with van der Waals surface area (Å²) in [5.74, 6) is 0. The van der Waals surface area contributed by atoms with Crippen molar-refractivity contribution in [1.82, 2.24) is 9.88 Å². The highest BCUT2D eigenvalue weighted by Gasteiger charge is 2.24. The van der Waals surface area contributed by atoms with Crippen LogP contribution in [0.1, 0.15) is 57.0 Å². The van der Waals surface area contributed by atoms with E-state index in [4.69, 9.17) is 4.74 Å². The number of aromatic nitrogens is 1. The van der Waals surface area contributed by atoms with Crippen LogP contribution in [0.15, 0.2) is 18.3 Å². The lowest BCUT2D eigenvalue weighted by molar-refractivity contribution is 0.0329. The average Bonchev–Trinajstić information content (AvgIpc) is 2.45. The van der Waals surface area contributed by atoms with E-state index in [0.717, 1.165) is 18.4 Å². The molecule has 2 rings (SSSR count). The SMILES string of the molecule is Cc1cc(C2=CN(C(=O)OC(C)(C)C)CCC2)cc(C(F)F)n1. The number of carbonyl (C=O) groups is 1. The molecule has 0 aliphatic carbocycles. The summed E-state index contributed by atoms with van der Waals surface area (Å²) in [5.41, 5.74) is 1.25. The lowest BCUT2D eigenvalue weighted by Gasteiger charge is -2.28. The van der Waals surface area contributed by atoms with E-state index in [1.54, 1.807) is 40.0 Å². The number of amides is 1. The fourth-order valence-corrected chi connectivity index (χ4v) is 2.43. The predicted molar refractivity (Wildman–Crippen MR) is 84.1 cm³/mol. The molecule has 1 aromatic rings. The van der Waals surface area contributed by atoms with Crippen molar-refractivity contribution >= 4 is 11.7 Å². The first-order valence-corrected chi connectivity index (χ1v) is 7.63. The zero-order valence-corrected chi connectivity index (χ0v) is 13.9. The number of alkyl halides is 2. The van der Waals surface area contributed by atoms with Crippen LogP contribution in [-0.4, -0.2) is 28.1 Å². The molecule has 1 aliphatic heterocycles. The van der Waals surface area contributed by atoms with Crippen LogP contribution < -0.4 is 0 Å². The van der Waals surface area contributed by atoms with Gasteiger partial charge in [-0.1, -0.05) is 0 Å². The highest BCUT2D eigenvalue weighted by molar-refractivity contribution is 5.75. The van der Waals surface area contributed by atoms with E-state index in [9.17, 15) is 13.6 Å². The van der Waals surface area contributed by atoms with E-state index >= 15 is 0 Å². The Morgan fingerprint density at radius 3 is 2.65 bits per heavy atom. The average molecular weight is 324 g/mol. The number of hydrogen-bond donors (Lipinski definition) is 0. The van der Waals surface area contributed by atoms with Crippen molar-refractivity contribution in [3.8, 4) is 0 Å². The summed E-state index contributed by atoms with van der Waals surface area (Å²) in [5, 5.41) is 0. The number of ether oxygens (including phenoxy) is 1. The van der Waals surface area contributed by atoms with Gasteiger partial charge in [0.05, 0.1) is 0 Å². The molecule has 0 radical (unpaired) electrons. The Morgan fingerprint density at radius 2 is 2.04 bits per heavy atom. The smallest absolute Gasteiger partial charge is 0.414 e. The van der Waals surface area contributed by atoms with Crippen molar-refractivity contribution in [2.24, 2.45) is 0 Å². The largest absolute Gasteiger partial charge is 0.443 e. The second-order valence-electron chi connectivity index (χ2n) is 6.65. The molecule has 0 unspecified atom stereocenters. The number of rotatable bonds is 2. The van der Waals surface area contributed by atoms with Crippen molar-refractivity contribution in [2.75, 3.05) is 6.54 Å². The summed E-state index contributed by atoms with van der Waals surface area (Å²) in [6, 6.07) is 3.15.